The highest BCUT2D eigenvalue weighted by Gasteiger charge is 2.08. The van der Waals surface area contributed by atoms with Gasteiger partial charge in [0.15, 0.2) is 5.78 Å². The van der Waals surface area contributed by atoms with E-state index in [9.17, 15) is 4.79 Å². The quantitative estimate of drug-likeness (QED) is 0.669. The first kappa shape index (κ1) is 14.0. The molecule has 22 heavy (non-hydrogen) atoms. The maximum absolute atomic E-state index is 12.3. The van der Waals surface area contributed by atoms with Crippen LogP contribution >= 0.6 is 0 Å². The van der Waals surface area contributed by atoms with Gasteiger partial charge in [0.25, 0.3) is 0 Å². The number of ether oxygens (including phenoxy) is 1. The molecule has 0 unspecified atom stereocenters. The maximum Gasteiger partial charge on any atom is 0.193 e. The third kappa shape index (κ3) is 3.38. The van der Waals surface area contributed by atoms with E-state index in [1.165, 1.54) is 0 Å². The standard InChI is InChI=1S/C19H15NO2/c21-19(15-6-2-1-3-7-15)16-9-11-18(12-10-16)22-14-17-8-4-5-13-20-17/h1-13H,14H2. The van der Waals surface area contributed by atoms with Crippen LogP contribution in [-0.2, 0) is 6.61 Å². The number of aromatic nitrogens is 1. The topological polar surface area (TPSA) is 39.2 Å². The molecular formula is C19H15NO2. The Balaban J connectivity index is 1.67. The van der Waals surface area contributed by atoms with Gasteiger partial charge in [-0.2, -0.15) is 0 Å². The average Bonchev–Trinajstić information content (AvgIpc) is 2.61. The normalized spacial score (nSPS) is 10.2. The summed E-state index contributed by atoms with van der Waals surface area (Å²) < 4.78 is 5.66. The summed E-state index contributed by atoms with van der Waals surface area (Å²) in [6.45, 7) is 0.410. The molecule has 0 fully saturated rings. The minimum Gasteiger partial charge on any atom is -0.487 e. The zero-order chi connectivity index (χ0) is 15.2. The van der Waals surface area contributed by atoms with Crippen molar-refractivity contribution in [1.82, 2.24) is 4.98 Å². The van der Waals surface area contributed by atoms with E-state index in [-0.39, 0.29) is 5.78 Å². The van der Waals surface area contributed by atoms with Crippen LogP contribution in [0.5, 0.6) is 5.75 Å². The third-order valence-electron chi connectivity index (χ3n) is 3.27. The predicted molar refractivity (Wildman–Crippen MR) is 84.9 cm³/mol. The van der Waals surface area contributed by atoms with E-state index >= 15 is 0 Å². The Bertz CT molecular complexity index is 737. The smallest absolute Gasteiger partial charge is 0.193 e. The van der Waals surface area contributed by atoms with Gasteiger partial charge in [0.1, 0.15) is 12.4 Å². The molecule has 0 atom stereocenters. The van der Waals surface area contributed by atoms with Crippen LogP contribution in [0.4, 0.5) is 0 Å². The molecule has 3 heteroatoms. The molecule has 1 heterocycles. The first-order chi connectivity index (χ1) is 10.8. The Hall–Kier alpha value is -2.94. The Morgan fingerprint density at radius 1 is 0.818 bits per heavy atom. The molecule has 0 aliphatic rings. The van der Waals surface area contributed by atoms with Crippen molar-refractivity contribution in [2.75, 3.05) is 0 Å². The molecule has 0 saturated heterocycles. The molecule has 2 aromatic carbocycles. The number of ketones is 1. The molecule has 0 saturated carbocycles. The lowest BCUT2D eigenvalue weighted by Gasteiger charge is -2.06. The van der Waals surface area contributed by atoms with Gasteiger partial charge in [0.2, 0.25) is 0 Å². The molecule has 0 spiro atoms. The fourth-order valence-electron chi connectivity index (χ4n) is 2.10. The van der Waals surface area contributed by atoms with E-state index in [1.54, 1.807) is 30.5 Å². The van der Waals surface area contributed by atoms with E-state index in [0.717, 1.165) is 11.4 Å². The number of carbonyl (C=O) groups is 1. The first-order valence-corrected chi connectivity index (χ1v) is 7.05. The van der Waals surface area contributed by atoms with Crippen molar-refractivity contribution in [2.45, 2.75) is 6.61 Å². The van der Waals surface area contributed by atoms with Gasteiger partial charge in [-0.3, -0.25) is 9.78 Å². The predicted octanol–water partition coefficient (Wildman–Crippen LogP) is 3.89. The van der Waals surface area contributed by atoms with E-state index < -0.39 is 0 Å². The van der Waals surface area contributed by atoms with Crippen molar-refractivity contribution in [3.05, 3.63) is 95.8 Å². The van der Waals surface area contributed by atoms with Crippen LogP contribution in [0.25, 0.3) is 0 Å². The second-order valence-corrected chi connectivity index (χ2v) is 4.83. The zero-order valence-electron chi connectivity index (χ0n) is 12.0. The van der Waals surface area contributed by atoms with E-state index in [2.05, 4.69) is 4.98 Å². The molecule has 0 amide bonds. The van der Waals surface area contributed by atoms with Gasteiger partial charge < -0.3 is 4.74 Å². The molecule has 0 bridgehead atoms. The largest absolute Gasteiger partial charge is 0.487 e. The first-order valence-electron chi connectivity index (χ1n) is 7.05. The van der Waals surface area contributed by atoms with Crippen LogP contribution < -0.4 is 4.74 Å². The van der Waals surface area contributed by atoms with Gasteiger partial charge in [-0.15, -0.1) is 0 Å². The summed E-state index contributed by atoms with van der Waals surface area (Å²) in [5, 5.41) is 0. The molecular weight excluding hydrogens is 274 g/mol. The van der Waals surface area contributed by atoms with Crippen molar-refractivity contribution in [2.24, 2.45) is 0 Å². The van der Waals surface area contributed by atoms with Crippen molar-refractivity contribution >= 4 is 5.78 Å². The number of hydrogen-bond acceptors (Lipinski definition) is 3. The summed E-state index contributed by atoms with van der Waals surface area (Å²) in [6, 6.07) is 22.1. The highest BCUT2D eigenvalue weighted by Crippen LogP contribution is 2.16. The lowest BCUT2D eigenvalue weighted by molar-refractivity contribution is 0.103. The van der Waals surface area contributed by atoms with Gasteiger partial charge >= 0.3 is 0 Å². The van der Waals surface area contributed by atoms with E-state index in [4.69, 9.17) is 4.74 Å². The molecule has 0 N–H and O–H groups in total. The van der Waals surface area contributed by atoms with Gasteiger partial charge in [-0.05, 0) is 36.4 Å². The summed E-state index contributed by atoms with van der Waals surface area (Å²) in [7, 11) is 0. The maximum atomic E-state index is 12.3. The van der Waals surface area contributed by atoms with E-state index in [0.29, 0.717) is 17.7 Å². The monoisotopic (exact) mass is 289 g/mol. The summed E-state index contributed by atoms with van der Waals surface area (Å²) in [6.07, 6.45) is 1.74. The van der Waals surface area contributed by atoms with Crippen LogP contribution in [0, 0.1) is 0 Å². The number of carbonyl (C=O) groups excluding carboxylic acids is 1. The SMILES string of the molecule is O=C(c1ccccc1)c1ccc(OCc2ccccn2)cc1. The highest BCUT2D eigenvalue weighted by molar-refractivity contribution is 6.08. The Kier molecular flexibility index (Phi) is 4.25. The summed E-state index contributed by atoms with van der Waals surface area (Å²) >= 11 is 0. The minimum absolute atomic E-state index is 0.0110. The van der Waals surface area contributed by atoms with Crippen LogP contribution in [0.15, 0.2) is 79.0 Å². The van der Waals surface area contributed by atoms with Gasteiger partial charge in [0.05, 0.1) is 5.69 Å². The summed E-state index contributed by atoms with van der Waals surface area (Å²) in [5.41, 5.74) is 2.20. The van der Waals surface area contributed by atoms with Crippen molar-refractivity contribution in [3.8, 4) is 5.75 Å². The third-order valence-corrected chi connectivity index (χ3v) is 3.27. The van der Waals surface area contributed by atoms with Crippen LogP contribution in [0.2, 0.25) is 0 Å². The Morgan fingerprint density at radius 2 is 1.50 bits per heavy atom. The van der Waals surface area contributed by atoms with Crippen LogP contribution in [0.3, 0.4) is 0 Å². The molecule has 108 valence electrons. The van der Waals surface area contributed by atoms with Crippen LogP contribution in [-0.4, -0.2) is 10.8 Å². The lowest BCUT2D eigenvalue weighted by Crippen LogP contribution is -2.01. The number of hydrogen-bond donors (Lipinski definition) is 0. The zero-order valence-corrected chi connectivity index (χ0v) is 12.0. The van der Waals surface area contributed by atoms with E-state index in [1.807, 2.05) is 48.5 Å². The van der Waals surface area contributed by atoms with Crippen molar-refractivity contribution in [3.63, 3.8) is 0 Å². The second kappa shape index (κ2) is 6.68. The summed E-state index contributed by atoms with van der Waals surface area (Å²) in [4.78, 5) is 16.5. The molecule has 0 aliphatic carbocycles. The molecule has 0 aliphatic heterocycles. The highest BCUT2D eigenvalue weighted by atomic mass is 16.5. The Labute approximate surface area is 129 Å². The average molecular weight is 289 g/mol. The molecule has 1 aromatic heterocycles. The fourth-order valence-corrected chi connectivity index (χ4v) is 2.10. The van der Waals surface area contributed by atoms with Gasteiger partial charge in [-0.1, -0.05) is 36.4 Å². The van der Waals surface area contributed by atoms with Crippen molar-refractivity contribution < 1.29 is 9.53 Å². The van der Waals surface area contributed by atoms with Gasteiger partial charge in [-0.25, -0.2) is 0 Å². The molecule has 3 rings (SSSR count). The number of pyridine rings is 1. The van der Waals surface area contributed by atoms with Crippen molar-refractivity contribution in [1.29, 1.82) is 0 Å². The number of nitrogens with zero attached hydrogens (tertiary/aromatic N) is 1. The molecule has 3 aromatic rings. The van der Waals surface area contributed by atoms with Crippen LogP contribution in [0.1, 0.15) is 21.6 Å². The molecule has 3 nitrogen and oxygen atoms in total. The number of rotatable bonds is 5. The fraction of sp³-hybridized carbons (Fsp3) is 0.0526. The summed E-state index contributed by atoms with van der Waals surface area (Å²) in [5.74, 6) is 0.729. The second-order valence-electron chi connectivity index (χ2n) is 4.83. The molecule has 0 radical (unpaired) electrons. The minimum atomic E-state index is 0.0110. The Morgan fingerprint density at radius 3 is 2.18 bits per heavy atom. The van der Waals surface area contributed by atoms with Gasteiger partial charge in [0, 0.05) is 17.3 Å². The lowest BCUT2D eigenvalue weighted by atomic mass is 10.0. The number of benzene rings is 2.